The number of fused-ring (bicyclic) bond motifs is 1. The number of aryl methyl sites for hydroxylation is 3. The lowest BCUT2D eigenvalue weighted by Crippen LogP contribution is -2.27. The Labute approximate surface area is 187 Å². The van der Waals surface area contributed by atoms with Crippen molar-refractivity contribution in [3.63, 3.8) is 0 Å². The van der Waals surface area contributed by atoms with Crippen molar-refractivity contribution in [3.05, 3.63) is 40.2 Å². The summed E-state index contributed by atoms with van der Waals surface area (Å²) in [5.41, 5.74) is 5.55. The first kappa shape index (κ1) is 22.4. The van der Waals surface area contributed by atoms with Gasteiger partial charge in [-0.2, -0.15) is 15.2 Å². The summed E-state index contributed by atoms with van der Waals surface area (Å²) in [5, 5.41) is 8.80. The number of sulfone groups is 1. The minimum atomic E-state index is -2.99. The molecule has 0 N–H and O–H groups in total. The minimum Gasteiger partial charge on any atom is -0.341 e. The molecule has 0 aromatic carbocycles. The average molecular weight is 460 g/mol. The first-order chi connectivity index (χ1) is 15.1. The predicted molar refractivity (Wildman–Crippen MR) is 119 cm³/mol. The average Bonchev–Trinajstić information content (AvgIpc) is 3.41. The van der Waals surface area contributed by atoms with Crippen LogP contribution in [0.1, 0.15) is 52.8 Å². The van der Waals surface area contributed by atoms with E-state index in [1.54, 1.807) is 16.5 Å². The molecule has 4 rings (SSSR count). The maximum atomic E-state index is 12.9. The van der Waals surface area contributed by atoms with E-state index in [2.05, 4.69) is 20.2 Å². The van der Waals surface area contributed by atoms with Gasteiger partial charge in [0.25, 0.3) is 5.78 Å². The van der Waals surface area contributed by atoms with E-state index >= 15 is 0 Å². The molecule has 0 spiro atoms. The van der Waals surface area contributed by atoms with Crippen molar-refractivity contribution in [2.24, 2.45) is 0 Å². The second-order valence-electron chi connectivity index (χ2n) is 8.63. The third-order valence-electron chi connectivity index (χ3n) is 6.43. The Kier molecular flexibility index (Phi) is 5.78. The zero-order valence-corrected chi connectivity index (χ0v) is 20.0. The van der Waals surface area contributed by atoms with Gasteiger partial charge in [0.15, 0.2) is 9.84 Å². The lowest BCUT2D eigenvalue weighted by atomic mass is 10.1. The van der Waals surface area contributed by atoms with Crippen LogP contribution in [0.5, 0.6) is 0 Å². The Bertz CT molecular complexity index is 1290. The van der Waals surface area contributed by atoms with Gasteiger partial charge in [-0.25, -0.2) is 17.9 Å². The lowest BCUT2D eigenvalue weighted by molar-refractivity contribution is -0.130. The standard InChI is InChI=1S/C21H29N7O3S/c1-13-18(15(3)28-21(24-13)22-12-23-28)6-7-20(29)26(5)10-19-14(2)25-27(16(19)4)17-8-9-32(30,31)11-17/h12,17H,6-11H2,1-5H3. The fraction of sp³-hybridized carbons (Fsp3) is 0.571. The molecule has 172 valence electrons. The Morgan fingerprint density at radius 2 is 1.91 bits per heavy atom. The second kappa shape index (κ2) is 8.27. The van der Waals surface area contributed by atoms with E-state index in [0.717, 1.165) is 33.9 Å². The summed E-state index contributed by atoms with van der Waals surface area (Å²) in [5.74, 6) is 0.923. The first-order valence-electron chi connectivity index (χ1n) is 10.7. The van der Waals surface area contributed by atoms with E-state index in [9.17, 15) is 13.2 Å². The summed E-state index contributed by atoms with van der Waals surface area (Å²) >= 11 is 0. The van der Waals surface area contributed by atoms with Crippen LogP contribution in [0.3, 0.4) is 0 Å². The van der Waals surface area contributed by atoms with Gasteiger partial charge in [0.2, 0.25) is 5.91 Å². The first-order valence-corrected chi connectivity index (χ1v) is 12.5. The largest absolute Gasteiger partial charge is 0.341 e. The van der Waals surface area contributed by atoms with Crippen molar-refractivity contribution in [2.75, 3.05) is 18.6 Å². The van der Waals surface area contributed by atoms with Crippen LogP contribution in [0.25, 0.3) is 5.78 Å². The highest BCUT2D eigenvalue weighted by Crippen LogP contribution is 2.27. The smallest absolute Gasteiger partial charge is 0.252 e. The normalized spacial score (nSPS) is 17.8. The summed E-state index contributed by atoms with van der Waals surface area (Å²) in [6, 6.07) is -0.126. The zero-order valence-electron chi connectivity index (χ0n) is 19.2. The maximum Gasteiger partial charge on any atom is 0.252 e. The topological polar surface area (TPSA) is 115 Å². The van der Waals surface area contributed by atoms with Crippen LogP contribution in [0, 0.1) is 27.7 Å². The number of rotatable bonds is 6. The monoisotopic (exact) mass is 459 g/mol. The van der Waals surface area contributed by atoms with Crippen molar-refractivity contribution in [1.29, 1.82) is 0 Å². The van der Waals surface area contributed by atoms with Crippen molar-refractivity contribution in [2.45, 2.75) is 59.5 Å². The fourth-order valence-corrected chi connectivity index (χ4v) is 6.21. The highest BCUT2D eigenvalue weighted by atomic mass is 32.2. The SMILES string of the molecule is Cc1nn(C2CCS(=O)(=O)C2)c(C)c1CN(C)C(=O)CCc1c(C)nc2ncnn2c1C. The van der Waals surface area contributed by atoms with Crippen molar-refractivity contribution >= 4 is 21.5 Å². The Morgan fingerprint density at radius 1 is 1.16 bits per heavy atom. The summed E-state index contributed by atoms with van der Waals surface area (Å²) in [6.45, 7) is 8.19. The van der Waals surface area contributed by atoms with E-state index in [1.807, 2.05) is 32.4 Å². The van der Waals surface area contributed by atoms with Crippen LogP contribution < -0.4 is 0 Å². The molecular weight excluding hydrogens is 430 g/mol. The van der Waals surface area contributed by atoms with Gasteiger partial charge in [-0.1, -0.05) is 0 Å². The molecule has 10 nitrogen and oxygen atoms in total. The van der Waals surface area contributed by atoms with E-state index in [1.165, 1.54) is 6.33 Å². The highest BCUT2D eigenvalue weighted by molar-refractivity contribution is 7.91. The predicted octanol–water partition coefficient (Wildman–Crippen LogP) is 1.51. The fourth-order valence-electron chi connectivity index (χ4n) is 4.51. The number of nitrogens with zero attached hydrogens (tertiary/aromatic N) is 7. The van der Waals surface area contributed by atoms with Gasteiger partial charge >= 0.3 is 0 Å². The molecule has 1 unspecified atom stereocenters. The molecule has 0 saturated carbocycles. The third-order valence-corrected chi connectivity index (χ3v) is 8.18. The van der Waals surface area contributed by atoms with Crippen LogP contribution in [-0.2, 0) is 27.6 Å². The van der Waals surface area contributed by atoms with Gasteiger partial charge in [-0.3, -0.25) is 9.48 Å². The molecule has 1 aliphatic rings. The van der Waals surface area contributed by atoms with Crippen molar-refractivity contribution in [3.8, 4) is 0 Å². The molecular formula is C21H29N7O3S. The van der Waals surface area contributed by atoms with Gasteiger partial charge in [0, 0.05) is 42.7 Å². The van der Waals surface area contributed by atoms with Crippen LogP contribution in [0.2, 0.25) is 0 Å². The Balaban J connectivity index is 1.45. The Hall–Kier alpha value is -2.82. The molecule has 3 aromatic heterocycles. The molecule has 1 atom stereocenters. The highest BCUT2D eigenvalue weighted by Gasteiger charge is 2.31. The third kappa shape index (κ3) is 4.13. The van der Waals surface area contributed by atoms with E-state index in [0.29, 0.717) is 31.6 Å². The number of carbonyl (C=O) groups is 1. The van der Waals surface area contributed by atoms with Crippen LogP contribution in [0.15, 0.2) is 6.33 Å². The van der Waals surface area contributed by atoms with Crippen LogP contribution in [-0.4, -0.2) is 67.1 Å². The van der Waals surface area contributed by atoms with E-state index in [4.69, 9.17) is 0 Å². The molecule has 3 aromatic rings. The van der Waals surface area contributed by atoms with E-state index in [-0.39, 0.29) is 23.5 Å². The molecule has 1 amide bonds. The van der Waals surface area contributed by atoms with Gasteiger partial charge in [0.1, 0.15) is 6.33 Å². The number of carbonyl (C=O) groups excluding carboxylic acids is 1. The quantitative estimate of drug-likeness (QED) is 0.549. The molecule has 32 heavy (non-hydrogen) atoms. The summed E-state index contributed by atoms with van der Waals surface area (Å²) in [6.07, 6.45) is 2.98. The summed E-state index contributed by atoms with van der Waals surface area (Å²) < 4.78 is 27.3. The zero-order chi connectivity index (χ0) is 23.2. The van der Waals surface area contributed by atoms with Crippen LogP contribution in [0.4, 0.5) is 0 Å². The van der Waals surface area contributed by atoms with Gasteiger partial charge < -0.3 is 4.90 Å². The molecule has 0 radical (unpaired) electrons. The van der Waals surface area contributed by atoms with Gasteiger partial charge in [-0.05, 0) is 46.1 Å². The second-order valence-corrected chi connectivity index (χ2v) is 10.9. The molecule has 4 heterocycles. The number of aromatic nitrogens is 6. The molecule has 0 bridgehead atoms. The van der Waals surface area contributed by atoms with Crippen molar-refractivity contribution in [1.82, 2.24) is 34.3 Å². The number of amides is 1. The molecule has 11 heteroatoms. The van der Waals surface area contributed by atoms with Gasteiger partial charge in [0.05, 0.1) is 23.2 Å². The Morgan fingerprint density at radius 3 is 2.59 bits per heavy atom. The van der Waals surface area contributed by atoms with Crippen molar-refractivity contribution < 1.29 is 13.2 Å². The molecule has 0 aliphatic carbocycles. The lowest BCUT2D eigenvalue weighted by Gasteiger charge is -2.19. The summed E-state index contributed by atoms with van der Waals surface area (Å²) in [4.78, 5) is 23.2. The molecule has 1 saturated heterocycles. The van der Waals surface area contributed by atoms with E-state index < -0.39 is 9.84 Å². The van der Waals surface area contributed by atoms with Gasteiger partial charge in [-0.15, -0.1) is 0 Å². The number of hydrogen-bond donors (Lipinski definition) is 0. The maximum absolute atomic E-state index is 12.9. The molecule has 1 aliphatic heterocycles. The minimum absolute atomic E-state index is 0.0254. The van der Waals surface area contributed by atoms with Crippen LogP contribution >= 0.6 is 0 Å². The molecule has 1 fully saturated rings. The number of hydrogen-bond acceptors (Lipinski definition) is 7. The summed E-state index contributed by atoms with van der Waals surface area (Å²) in [7, 11) is -1.20.